The summed E-state index contributed by atoms with van der Waals surface area (Å²) < 4.78 is 7.55. The van der Waals surface area contributed by atoms with Crippen LogP contribution in [0.25, 0.3) is 0 Å². The molecule has 4 rings (SSSR count). The third-order valence-electron chi connectivity index (χ3n) is 5.02. The van der Waals surface area contributed by atoms with Crippen LogP contribution in [0.4, 0.5) is 0 Å². The minimum Gasteiger partial charge on any atom is -0.338 e. The van der Waals surface area contributed by atoms with Gasteiger partial charge in [0.05, 0.1) is 12.6 Å². The van der Waals surface area contributed by atoms with Gasteiger partial charge < -0.3 is 4.52 Å². The number of aryl methyl sites for hydroxylation is 2. The zero-order valence-corrected chi connectivity index (χ0v) is 14.1. The second-order valence-corrected chi connectivity index (χ2v) is 6.86. The highest BCUT2D eigenvalue weighted by Gasteiger charge is 2.34. The van der Waals surface area contributed by atoms with Gasteiger partial charge in [-0.05, 0) is 53.0 Å². The Morgan fingerprint density at radius 2 is 2.04 bits per heavy atom. The van der Waals surface area contributed by atoms with E-state index >= 15 is 0 Å². The topological polar surface area (TPSA) is 72.9 Å². The van der Waals surface area contributed by atoms with Crippen molar-refractivity contribution in [3.8, 4) is 0 Å². The summed E-state index contributed by atoms with van der Waals surface area (Å²) >= 11 is 0. The van der Waals surface area contributed by atoms with Crippen LogP contribution >= 0.6 is 0 Å². The molecule has 2 aromatic heterocycles. The summed E-state index contributed by atoms with van der Waals surface area (Å²) in [6, 6.07) is 0.605. The molecule has 7 nitrogen and oxygen atoms in total. The highest BCUT2D eigenvalue weighted by molar-refractivity contribution is 5.05. The van der Waals surface area contributed by atoms with E-state index in [0.717, 1.165) is 36.5 Å². The van der Waals surface area contributed by atoms with Crippen LogP contribution in [0.15, 0.2) is 4.52 Å². The lowest BCUT2D eigenvalue weighted by Crippen LogP contribution is -2.35. The highest BCUT2D eigenvalue weighted by atomic mass is 16.5. The first-order valence-corrected chi connectivity index (χ1v) is 8.59. The number of hydrogen-bond donors (Lipinski definition) is 0. The summed E-state index contributed by atoms with van der Waals surface area (Å²) in [5.74, 6) is 4.01. The first-order chi connectivity index (χ1) is 11.1. The van der Waals surface area contributed by atoms with Gasteiger partial charge >= 0.3 is 0 Å². The summed E-state index contributed by atoms with van der Waals surface area (Å²) in [7, 11) is 0. The molecule has 0 spiro atoms. The molecular weight excluding hydrogens is 292 g/mol. The molecule has 1 aliphatic heterocycles. The molecule has 0 N–H and O–H groups in total. The van der Waals surface area contributed by atoms with E-state index in [4.69, 9.17) is 4.52 Å². The Morgan fingerprint density at radius 3 is 2.74 bits per heavy atom. The molecule has 2 atom stereocenters. The van der Waals surface area contributed by atoms with Gasteiger partial charge in [0, 0.05) is 12.0 Å². The van der Waals surface area contributed by atoms with Gasteiger partial charge in [-0.3, -0.25) is 4.90 Å². The van der Waals surface area contributed by atoms with Crippen LogP contribution in [0.3, 0.4) is 0 Å². The van der Waals surface area contributed by atoms with E-state index in [1.54, 1.807) is 0 Å². The van der Waals surface area contributed by atoms with E-state index < -0.39 is 0 Å². The van der Waals surface area contributed by atoms with Gasteiger partial charge in [-0.15, -0.1) is 0 Å². The normalized spacial score (nSPS) is 23.5. The summed E-state index contributed by atoms with van der Waals surface area (Å²) in [6.45, 7) is 8.07. The van der Waals surface area contributed by atoms with Crippen molar-refractivity contribution < 1.29 is 4.52 Å². The van der Waals surface area contributed by atoms with Crippen LogP contribution in [-0.4, -0.2) is 42.4 Å². The Bertz CT molecular complexity index is 689. The predicted molar refractivity (Wildman–Crippen MR) is 83.9 cm³/mol. The van der Waals surface area contributed by atoms with Crippen LogP contribution in [0, 0.1) is 13.8 Å². The molecule has 1 aliphatic carbocycles. The van der Waals surface area contributed by atoms with Crippen LogP contribution < -0.4 is 0 Å². The molecule has 1 saturated carbocycles. The first-order valence-electron chi connectivity index (χ1n) is 8.59. The van der Waals surface area contributed by atoms with Crippen molar-refractivity contribution in [1.29, 1.82) is 0 Å². The quantitative estimate of drug-likeness (QED) is 0.843. The van der Waals surface area contributed by atoms with E-state index in [2.05, 4.69) is 32.0 Å². The summed E-state index contributed by atoms with van der Waals surface area (Å²) in [6.07, 6.45) is 4.77. The molecule has 23 heavy (non-hydrogen) atoms. The van der Waals surface area contributed by atoms with Gasteiger partial charge in [0.1, 0.15) is 11.6 Å². The van der Waals surface area contributed by atoms with Crippen molar-refractivity contribution in [3.05, 3.63) is 23.4 Å². The number of nitrogens with zero attached hydrogens (tertiary/aromatic N) is 6. The Kier molecular flexibility index (Phi) is 3.67. The van der Waals surface area contributed by atoms with Gasteiger partial charge in [0.15, 0.2) is 5.82 Å². The zero-order valence-electron chi connectivity index (χ0n) is 14.1. The lowest BCUT2D eigenvalue weighted by atomic mass is 10.2. The molecule has 0 amide bonds. The molecule has 2 aliphatic rings. The number of aromatic nitrogens is 5. The van der Waals surface area contributed by atoms with Gasteiger partial charge in [-0.1, -0.05) is 5.16 Å². The van der Waals surface area contributed by atoms with Crippen molar-refractivity contribution >= 4 is 0 Å². The van der Waals surface area contributed by atoms with Crippen LogP contribution in [0.5, 0.6) is 0 Å². The standard InChI is InChI=1S/C16H24N6O/c1-10(16-18-15(20-23-16)13-6-7-13)21-8-4-5-14(21)9-22-12(3)17-11(2)19-22/h10,13-14H,4-9H2,1-3H3/t10-,14-/m0/s1. The molecule has 2 fully saturated rings. The fourth-order valence-corrected chi connectivity index (χ4v) is 3.56. The van der Waals surface area contributed by atoms with Crippen LogP contribution in [-0.2, 0) is 6.54 Å². The summed E-state index contributed by atoms with van der Waals surface area (Å²) in [4.78, 5) is 11.5. The number of rotatable bonds is 5. The monoisotopic (exact) mass is 316 g/mol. The lowest BCUT2D eigenvalue weighted by molar-refractivity contribution is 0.143. The average Bonchev–Trinajstić information content (AvgIpc) is 2.95. The second kappa shape index (κ2) is 5.70. The summed E-state index contributed by atoms with van der Waals surface area (Å²) in [5.41, 5.74) is 0. The van der Waals surface area contributed by atoms with Gasteiger partial charge in [-0.25, -0.2) is 9.67 Å². The van der Waals surface area contributed by atoms with Crippen molar-refractivity contribution in [2.75, 3.05) is 6.54 Å². The third-order valence-corrected chi connectivity index (χ3v) is 5.02. The molecule has 7 heteroatoms. The first kappa shape index (κ1) is 14.8. The van der Waals surface area contributed by atoms with Gasteiger partial charge in [0.25, 0.3) is 0 Å². The molecule has 0 aromatic carbocycles. The predicted octanol–water partition coefficient (Wildman–Crippen LogP) is 2.38. The summed E-state index contributed by atoms with van der Waals surface area (Å²) in [5, 5.41) is 8.66. The molecule has 2 aromatic rings. The maximum Gasteiger partial charge on any atom is 0.243 e. The molecule has 0 radical (unpaired) electrons. The van der Waals surface area contributed by atoms with E-state index in [0.29, 0.717) is 12.0 Å². The molecule has 3 heterocycles. The van der Waals surface area contributed by atoms with Crippen molar-refractivity contribution in [2.24, 2.45) is 0 Å². The molecule has 1 saturated heterocycles. The van der Waals surface area contributed by atoms with Gasteiger partial charge in [-0.2, -0.15) is 10.1 Å². The Balaban J connectivity index is 1.48. The molecular formula is C16H24N6O. The van der Waals surface area contributed by atoms with Crippen LogP contribution in [0.2, 0.25) is 0 Å². The van der Waals surface area contributed by atoms with E-state index in [-0.39, 0.29) is 6.04 Å². The minimum atomic E-state index is 0.160. The van der Waals surface area contributed by atoms with E-state index in [9.17, 15) is 0 Å². The minimum absolute atomic E-state index is 0.160. The Morgan fingerprint density at radius 1 is 1.22 bits per heavy atom. The fourth-order valence-electron chi connectivity index (χ4n) is 3.56. The molecule has 124 valence electrons. The Labute approximate surface area is 136 Å². The largest absolute Gasteiger partial charge is 0.338 e. The maximum absolute atomic E-state index is 5.53. The van der Waals surface area contributed by atoms with E-state index in [1.807, 2.05) is 18.5 Å². The lowest BCUT2D eigenvalue weighted by Gasteiger charge is -2.28. The highest BCUT2D eigenvalue weighted by Crippen LogP contribution is 2.39. The average molecular weight is 316 g/mol. The zero-order chi connectivity index (χ0) is 16.0. The van der Waals surface area contributed by atoms with Gasteiger partial charge in [0.2, 0.25) is 5.89 Å². The number of hydrogen-bond acceptors (Lipinski definition) is 6. The van der Waals surface area contributed by atoms with Crippen molar-refractivity contribution in [1.82, 2.24) is 29.8 Å². The number of likely N-dealkylation sites (tertiary alicyclic amines) is 1. The smallest absolute Gasteiger partial charge is 0.243 e. The third kappa shape index (κ3) is 2.89. The van der Waals surface area contributed by atoms with Crippen molar-refractivity contribution in [2.45, 2.75) is 71.0 Å². The van der Waals surface area contributed by atoms with E-state index in [1.165, 1.54) is 25.7 Å². The SMILES string of the molecule is Cc1nc(C)n(C[C@@H]2CCCN2[C@@H](C)c2nc(C3CC3)no2)n1. The van der Waals surface area contributed by atoms with Crippen LogP contribution in [0.1, 0.15) is 67.9 Å². The molecule has 0 unspecified atom stereocenters. The Hall–Kier alpha value is -1.76. The van der Waals surface area contributed by atoms with Crippen molar-refractivity contribution in [3.63, 3.8) is 0 Å². The maximum atomic E-state index is 5.53. The fraction of sp³-hybridized carbons (Fsp3) is 0.750. The second-order valence-electron chi connectivity index (χ2n) is 6.86. The molecule has 0 bridgehead atoms.